The van der Waals surface area contributed by atoms with Gasteiger partial charge in [-0.1, -0.05) is 19.1 Å². The number of ether oxygens (including phenoxy) is 2. The molecule has 38 heavy (non-hydrogen) atoms. The van der Waals surface area contributed by atoms with Gasteiger partial charge in [-0.25, -0.2) is 13.8 Å². The van der Waals surface area contributed by atoms with Crippen molar-refractivity contribution in [3.63, 3.8) is 0 Å². The third-order valence-corrected chi connectivity index (χ3v) is 7.47. The number of nitrogens with two attached hydrogens (primary N) is 1. The number of piperazine rings is 1. The summed E-state index contributed by atoms with van der Waals surface area (Å²) >= 11 is 0. The van der Waals surface area contributed by atoms with Gasteiger partial charge in [0.25, 0.3) is 0 Å². The number of hydrogen-bond donors (Lipinski definition) is 2. The van der Waals surface area contributed by atoms with Crippen LogP contribution in [0.15, 0.2) is 30.3 Å². The van der Waals surface area contributed by atoms with Crippen LogP contribution < -0.4 is 25.4 Å². The summed E-state index contributed by atoms with van der Waals surface area (Å²) in [4.78, 5) is 26.3. The number of nitrogen functional groups attached to an aromatic ring is 1. The maximum atomic E-state index is 15.3. The largest absolute Gasteiger partial charge is 0.493 e. The highest BCUT2D eigenvalue weighted by atomic mass is 19.1. The Labute approximate surface area is 219 Å². The molecule has 0 bridgehead atoms. The fourth-order valence-electron chi connectivity index (χ4n) is 5.29. The summed E-state index contributed by atoms with van der Waals surface area (Å²) in [5.41, 5.74) is 6.86. The van der Waals surface area contributed by atoms with E-state index in [0.29, 0.717) is 37.5 Å². The topological polar surface area (TPSA) is 106 Å². The van der Waals surface area contributed by atoms with Crippen LogP contribution in [0.25, 0.3) is 10.9 Å². The van der Waals surface area contributed by atoms with E-state index in [1.165, 1.54) is 26.4 Å². The molecule has 1 spiro atoms. The van der Waals surface area contributed by atoms with E-state index in [0.717, 1.165) is 18.4 Å². The van der Waals surface area contributed by atoms with Gasteiger partial charge in [0.15, 0.2) is 17.3 Å². The van der Waals surface area contributed by atoms with Crippen LogP contribution in [0, 0.1) is 11.6 Å². The Bertz CT molecular complexity index is 1350. The minimum atomic E-state index is -0.661. The normalized spacial score (nSPS) is 17.1. The first kappa shape index (κ1) is 25.9. The summed E-state index contributed by atoms with van der Waals surface area (Å²) in [6.07, 6.45) is 1.99. The summed E-state index contributed by atoms with van der Waals surface area (Å²) in [7, 11) is 2.79. The van der Waals surface area contributed by atoms with Crippen molar-refractivity contribution in [3.05, 3.63) is 47.5 Å². The van der Waals surface area contributed by atoms with Crippen molar-refractivity contribution in [2.45, 2.75) is 37.8 Å². The molecule has 2 fully saturated rings. The first-order valence-electron chi connectivity index (χ1n) is 12.7. The monoisotopic (exact) mass is 526 g/mol. The molecule has 3 aromatic rings. The van der Waals surface area contributed by atoms with Crippen LogP contribution >= 0.6 is 0 Å². The smallest absolute Gasteiger partial charge is 0.228 e. The highest BCUT2D eigenvalue weighted by molar-refractivity contribution is 5.92. The lowest BCUT2D eigenvalue weighted by Crippen LogP contribution is -2.57. The van der Waals surface area contributed by atoms with Crippen molar-refractivity contribution < 1.29 is 23.0 Å². The predicted molar refractivity (Wildman–Crippen MR) is 140 cm³/mol. The van der Waals surface area contributed by atoms with E-state index in [1.54, 1.807) is 18.2 Å². The number of halogens is 2. The number of fused-ring (bicyclic) bond motifs is 1. The number of benzene rings is 2. The minimum Gasteiger partial charge on any atom is -0.493 e. The Morgan fingerprint density at radius 3 is 2.53 bits per heavy atom. The molecule has 1 aromatic heterocycles. The Balaban J connectivity index is 1.37. The molecule has 1 atom stereocenters. The van der Waals surface area contributed by atoms with Crippen molar-refractivity contribution in [3.8, 4) is 11.5 Å². The third kappa shape index (κ3) is 4.66. The first-order valence-corrected chi connectivity index (χ1v) is 12.7. The number of hydrogen-bond acceptors (Lipinski definition) is 8. The van der Waals surface area contributed by atoms with Crippen LogP contribution in [0.1, 0.15) is 37.8 Å². The van der Waals surface area contributed by atoms with Crippen molar-refractivity contribution in [1.29, 1.82) is 0 Å². The summed E-state index contributed by atoms with van der Waals surface area (Å²) in [6, 6.07) is 7.60. The zero-order chi connectivity index (χ0) is 27.0. The maximum Gasteiger partial charge on any atom is 0.228 e. The zero-order valence-electron chi connectivity index (χ0n) is 21.8. The molecule has 11 heteroatoms. The number of amides is 1. The average Bonchev–Trinajstić information content (AvgIpc) is 3.67. The molecule has 3 N–H and O–H groups in total. The second kappa shape index (κ2) is 10.2. The molecule has 2 aliphatic rings. The number of nitrogens with one attached hydrogen (secondary N) is 1. The zero-order valence-corrected chi connectivity index (χ0v) is 21.8. The molecule has 1 aliphatic carbocycles. The lowest BCUT2D eigenvalue weighted by atomic mass is 10.0. The number of aromatic nitrogens is 2. The molecular formula is C27H32F2N6O3. The van der Waals surface area contributed by atoms with Gasteiger partial charge in [-0.3, -0.25) is 4.79 Å². The Kier molecular flexibility index (Phi) is 6.95. The first-order chi connectivity index (χ1) is 18.3. The number of anilines is 2. The van der Waals surface area contributed by atoms with Crippen molar-refractivity contribution in [2.75, 3.05) is 51.0 Å². The van der Waals surface area contributed by atoms with E-state index < -0.39 is 5.82 Å². The summed E-state index contributed by atoms with van der Waals surface area (Å²) in [5.74, 6) is -0.301. The van der Waals surface area contributed by atoms with Gasteiger partial charge < -0.3 is 30.3 Å². The maximum absolute atomic E-state index is 15.3. The standard InChI is InChI=1S/C27H32F2N6O3/c1-4-31-19(16-5-7-17(28)8-6-16)14-21(36)34-11-12-35(27(15-34)9-10-27)26-32-23-18(25(30)33-26)13-20(37-2)24(38-3)22(23)29/h5-8,13,19,31H,4,9-12,14-15H2,1-3H3,(H2,30,32,33). The Morgan fingerprint density at radius 2 is 1.89 bits per heavy atom. The summed E-state index contributed by atoms with van der Waals surface area (Å²) < 4.78 is 39.2. The molecule has 1 unspecified atom stereocenters. The second-order valence-electron chi connectivity index (χ2n) is 9.79. The van der Waals surface area contributed by atoms with Gasteiger partial charge in [0.2, 0.25) is 11.9 Å². The lowest BCUT2D eigenvalue weighted by Gasteiger charge is -2.42. The van der Waals surface area contributed by atoms with E-state index >= 15 is 4.39 Å². The molecule has 0 radical (unpaired) electrons. The highest BCUT2D eigenvalue weighted by Crippen LogP contribution is 2.47. The quantitative estimate of drug-likeness (QED) is 0.460. The van der Waals surface area contributed by atoms with E-state index in [4.69, 9.17) is 15.2 Å². The molecular weight excluding hydrogens is 494 g/mol. The molecule has 2 aromatic carbocycles. The molecule has 1 saturated heterocycles. The van der Waals surface area contributed by atoms with Gasteiger partial charge in [-0.15, -0.1) is 0 Å². The Hall–Kier alpha value is -3.73. The van der Waals surface area contributed by atoms with Gasteiger partial charge in [0, 0.05) is 37.5 Å². The minimum absolute atomic E-state index is 0.0213. The van der Waals surface area contributed by atoms with E-state index in [-0.39, 0.29) is 52.6 Å². The molecule has 5 rings (SSSR count). The van der Waals surface area contributed by atoms with Gasteiger partial charge in [-0.2, -0.15) is 4.98 Å². The number of carbonyl (C=O) groups excluding carboxylic acids is 1. The molecule has 202 valence electrons. The van der Waals surface area contributed by atoms with Crippen molar-refractivity contribution >= 4 is 28.6 Å². The number of methoxy groups -OCH3 is 2. The lowest BCUT2D eigenvalue weighted by molar-refractivity contribution is -0.132. The van der Waals surface area contributed by atoms with E-state index in [9.17, 15) is 9.18 Å². The molecule has 2 heterocycles. The summed E-state index contributed by atoms with van der Waals surface area (Å²) in [5, 5.41) is 3.68. The third-order valence-electron chi connectivity index (χ3n) is 7.47. The van der Waals surface area contributed by atoms with Crippen LogP contribution in [0.5, 0.6) is 11.5 Å². The van der Waals surface area contributed by atoms with Gasteiger partial charge in [0.1, 0.15) is 17.2 Å². The number of carbonyl (C=O) groups is 1. The van der Waals surface area contributed by atoms with E-state index in [1.807, 2.05) is 16.7 Å². The van der Waals surface area contributed by atoms with E-state index in [2.05, 4.69) is 15.3 Å². The second-order valence-corrected chi connectivity index (χ2v) is 9.79. The molecule has 9 nitrogen and oxygen atoms in total. The fraction of sp³-hybridized carbons (Fsp3) is 0.444. The van der Waals surface area contributed by atoms with Crippen LogP contribution in [0.3, 0.4) is 0 Å². The fourth-order valence-corrected chi connectivity index (χ4v) is 5.29. The number of nitrogens with zero attached hydrogens (tertiary/aromatic N) is 4. The SMILES string of the molecule is CCNC(CC(=O)N1CCN(c2nc(N)c3cc(OC)c(OC)c(F)c3n2)C2(CC2)C1)c1ccc(F)cc1. The van der Waals surface area contributed by atoms with Crippen LogP contribution in [0.4, 0.5) is 20.5 Å². The van der Waals surface area contributed by atoms with Crippen molar-refractivity contribution in [2.24, 2.45) is 0 Å². The molecule has 1 saturated carbocycles. The average molecular weight is 527 g/mol. The van der Waals surface area contributed by atoms with Crippen LogP contribution in [-0.2, 0) is 4.79 Å². The Morgan fingerprint density at radius 1 is 1.16 bits per heavy atom. The van der Waals surface area contributed by atoms with Crippen LogP contribution in [-0.4, -0.2) is 66.7 Å². The highest BCUT2D eigenvalue weighted by Gasteiger charge is 2.53. The van der Waals surface area contributed by atoms with Crippen LogP contribution in [0.2, 0.25) is 0 Å². The van der Waals surface area contributed by atoms with Gasteiger partial charge >= 0.3 is 0 Å². The molecule has 1 aliphatic heterocycles. The predicted octanol–water partition coefficient (Wildman–Crippen LogP) is 3.43. The van der Waals surface area contributed by atoms with Gasteiger partial charge in [0.05, 0.1) is 19.8 Å². The summed E-state index contributed by atoms with van der Waals surface area (Å²) in [6.45, 7) is 4.14. The molecule has 1 amide bonds. The van der Waals surface area contributed by atoms with Crippen molar-refractivity contribution in [1.82, 2.24) is 20.2 Å². The number of rotatable bonds is 8. The van der Waals surface area contributed by atoms with Gasteiger partial charge in [-0.05, 0) is 43.1 Å².